The Hall–Kier alpha value is -0.750. The molecule has 2 nitrogen and oxygen atoms in total. The van der Waals surface area contributed by atoms with Gasteiger partial charge in [-0.25, -0.2) is 0 Å². The first kappa shape index (κ1) is 8.35. The summed E-state index contributed by atoms with van der Waals surface area (Å²) in [7, 11) is -2.21. The Labute approximate surface area is 66.8 Å². The van der Waals surface area contributed by atoms with Crippen molar-refractivity contribution in [3.63, 3.8) is 0 Å². The summed E-state index contributed by atoms with van der Waals surface area (Å²) in [6.07, 6.45) is 0. The smallest absolute Gasteiger partial charge is 0.111 e. The van der Waals surface area contributed by atoms with Crippen molar-refractivity contribution in [2.24, 2.45) is 0 Å². The zero-order valence-electron chi connectivity index (χ0n) is 6.66. The highest BCUT2D eigenvalue weighted by Gasteiger charge is 2.12. The maximum absolute atomic E-state index is 11.5. The van der Waals surface area contributed by atoms with Crippen LogP contribution in [0.15, 0.2) is 18.2 Å². The molecule has 0 aliphatic heterocycles. The van der Waals surface area contributed by atoms with Gasteiger partial charge in [-0.3, -0.25) is 0 Å². The summed E-state index contributed by atoms with van der Waals surface area (Å²) in [4.78, 5) is 0. The zero-order valence-corrected chi connectivity index (χ0v) is 7.56. The van der Waals surface area contributed by atoms with Gasteiger partial charge in [0, 0.05) is 11.0 Å². The van der Waals surface area contributed by atoms with Gasteiger partial charge in [0.15, 0.2) is 0 Å². The van der Waals surface area contributed by atoms with Crippen molar-refractivity contribution in [1.29, 1.82) is 0 Å². The summed E-state index contributed by atoms with van der Waals surface area (Å²) < 4.78 is 11.5. The van der Waals surface area contributed by atoms with Gasteiger partial charge in [-0.1, -0.05) is 6.07 Å². The van der Waals surface area contributed by atoms with E-state index in [1.807, 2.05) is 0 Å². The van der Waals surface area contributed by atoms with Crippen LogP contribution in [0.2, 0.25) is 0 Å². The minimum absolute atomic E-state index is 0.595. The van der Waals surface area contributed by atoms with Gasteiger partial charge in [-0.05, 0) is 31.5 Å². The molecule has 0 aromatic heterocycles. The van der Waals surface area contributed by atoms with Gasteiger partial charge in [-0.15, -0.1) is 0 Å². The molecule has 1 aromatic rings. The van der Waals surface area contributed by atoms with E-state index in [9.17, 15) is 4.57 Å². The molecule has 0 saturated heterocycles. The predicted octanol–water partition coefficient (Wildman–Crippen LogP) is 1.32. The normalized spacial score (nSPS) is 11.5. The molecule has 0 aliphatic carbocycles. The van der Waals surface area contributed by atoms with E-state index in [1.54, 1.807) is 31.5 Å². The highest BCUT2D eigenvalue weighted by molar-refractivity contribution is 7.70. The maximum atomic E-state index is 11.5. The van der Waals surface area contributed by atoms with E-state index in [2.05, 4.69) is 6.07 Å². The molecule has 0 heterocycles. The van der Waals surface area contributed by atoms with Crippen LogP contribution in [0, 0.1) is 6.07 Å². The summed E-state index contributed by atoms with van der Waals surface area (Å²) in [6, 6.07) is 7.98. The van der Waals surface area contributed by atoms with Crippen molar-refractivity contribution < 1.29 is 4.57 Å². The molecule has 59 valence electrons. The fourth-order valence-corrected chi connectivity index (χ4v) is 1.98. The fourth-order valence-electron chi connectivity index (χ4n) is 0.900. The lowest BCUT2D eigenvalue weighted by Gasteiger charge is -2.08. The third-order valence-electron chi connectivity index (χ3n) is 1.46. The monoisotopic (exact) mass is 168 g/mol. The van der Waals surface area contributed by atoms with Crippen LogP contribution in [0.25, 0.3) is 0 Å². The molecule has 1 aromatic carbocycles. The second-order valence-corrected chi connectivity index (χ2v) is 6.02. The molecular formula is C8H11NOP. The first-order valence-electron chi connectivity index (χ1n) is 3.33. The summed E-state index contributed by atoms with van der Waals surface area (Å²) in [6.45, 7) is 3.40. The Kier molecular flexibility index (Phi) is 2.05. The van der Waals surface area contributed by atoms with Gasteiger partial charge in [0.05, 0.1) is 0 Å². The fraction of sp³-hybridized carbons (Fsp3) is 0.250. The lowest BCUT2D eigenvalue weighted by molar-refractivity contribution is 0.588. The SMILES string of the molecule is CP(C)(=O)c1c[c]ccc1N. The minimum atomic E-state index is -2.21. The van der Waals surface area contributed by atoms with Crippen LogP contribution in [-0.4, -0.2) is 13.3 Å². The average Bonchev–Trinajstić information content (AvgIpc) is 1.86. The number of hydrogen-bond acceptors (Lipinski definition) is 2. The van der Waals surface area contributed by atoms with Crippen LogP contribution in [0.3, 0.4) is 0 Å². The summed E-state index contributed by atoms with van der Waals surface area (Å²) in [5.41, 5.74) is 6.21. The van der Waals surface area contributed by atoms with Crippen molar-refractivity contribution in [2.45, 2.75) is 0 Å². The largest absolute Gasteiger partial charge is 0.398 e. The van der Waals surface area contributed by atoms with E-state index < -0.39 is 7.14 Å². The van der Waals surface area contributed by atoms with E-state index in [0.29, 0.717) is 5.69 Å². The molecule has 1 radical (unpaired) electrons. The third kappa shape index (κ3) is 1.84. The molecule has 0 spiro atoms. The predicted molar refractivity (Wildman–Crippen MR) is 48.8 cm³/mol. The Bertz CT molecular complexity index is 303. The molecule has 0 saturated carbocycles. The number of nitrogen functional groups attached to an aromatic ring is 1. The number of rotatable bonds is 1. The van der Waals surface area contributed by atoms with Gasteiger partial charge >= 0.3 is 0 Å². The Morgan fingerprint density at radius 2 is 2.18 bits per heavy atom. The van der Waals surface area contributed by atoms with Crippen LogP contribution in [0.4, 0.5) is 5.69 Å². The second kappa shape index (κ2) is 2.71. The summed E-state index contributed by atoms with van der Waals surface area (Å²) in [5, 5.41) is 0.722. The second-order valence-electron chi connectivity index (χ2n) is 2.84. The zero-order chi connectivity index (χ0) is 8.48. The van der Waals surface area contributed by atoms with Crippen LogP contribution < -0.4 is 11.0 Å². The molecule has 0 aliphatic rings. The van der Waals surface area contributed by atoms with Gasteiger partial charge in [0.25, 0.3) is 0 Å². The van der Waals surface area contributed by atoms with Crippen molar-refractivity contribution >= 4 is 18.1 Å². The van der Waals surface area contributed by atoms with Gasteiger partial charge in [-0.2, -0.15) is 0 Å². The molecule has 1 rings (SSSR count). The molecule has 2 N–H and O–H groups in total. The molecule has 0 bridgehead atoms. The minimum Gasteiger partial charge on any atom is -0.398 e. The first-order valence-corrected chi connectivity index (χ1v) is 5.93. The van der Waals surface area contributed by atoms with Crippen molar-refractivity contribution in [3.8, 4) is 0 Å². The van der Waals surface area contributed by atoms with Crippen LogP contribution in [0.5, 0.6) is 0 Å². The molecule has 0 unspecified atom stereocenters. The number of nitrogens with two attached hydrogens (primary N) is 1. The maximum Gasteiger partial charge on any atom is 0.111 e. The van der Waals surface area contributed by atoms with E-state index in [1.165, 1.54) is 0 Å². The van der Waals surface area contributed by atoms with E-state index in [4.69, 9.17) is 5.73 Å². The lowest BCUT2D eigenvalue weighted by atomic mass is 10.3. The van der Waals surface area contributed by atoms with Crippen molar-refractivity contribution in [3.05, 3.63) is 24.3 Å². The number of benzene rings is 1. The molecule has 11 heavy (non-hydrogen) atoms. The average molecular weight is 168 g/mol. The Morgan fingerprint density at radius 1 is 1.55 bits per heavy atom. The van der Waals surface area contributed by atoms with E-state index in [0.717, 1.165) is 5.30 Å². The highest BCUT2D eigenvalue weighted by Crippen LogP contribution is 2.36. The highest BCUT2D eigenvalue weighted by atomic mass is 31.2. The van der Waals surface area contributed by atoms with Crippen LogP contribution in [0.1, 0.15) is 0 Å². The Balaban J connectivity index is 3.25. The quantitative estimate of drug-likeness (QED) is 0.507. The number of anilines is 1. The molecule has 0 atom stereocenters. The number of hydrogen-bond donors (Lipinski definition) is 1. The summed E-state index contributed by atoms with van der Waals surface area (Å²) >= 11 is 0. The van der Waals surface area contributed by atoms with Gasteiger partial charge in [0.2, 0.25) is 0 Å². The van der Waals surface area contributed by atoms with Gasteiger partial charge < -0.3 is 10.3 Å². The van der Waals surface area contributed by atoms with E-state index >= 15 is 0 Å². The van der Waals surface area contributed by atoms with E-state index in [-0.39, 0.29) is 0 Å². The summed E-state index contributed by atoms with van der Waals surface area (Å²) in [5.74, 6) is 0. The van der Waals surface area contributed by atoms with Crippen LogP contribution >= 0.6 is 7.14 Å². The topological polar surface area (TPSA) is 43.1 Å². The molecule has 0 fully saturated rings. The third-order valence-corrected chi connectivity index (χ3v) is 3.00. The Morgan fingerprint density at radius 3 is 2.55 bits per heavy atom. The lowest BCUT2D eigenvalue weighted by Crippen LogP contribution is -2.08. The molecule has 3 heteroatoms. The molecule has 0 amide bonds. The first-order chi connectivity index (χ1) is 5.02. The van der Waals surface area contributed by atoms with Crippen molar-refractivity contribution in [1.82, 2.24) is 0 Å². The molecular weight excluding hydrogens is 157 g/mol. The van der Waals surface area contributed by atoms with Crippen molar-refractivity contribution in [2.75, 3.05) is 19.1 Å². The van der Waals surface area contributed by atoms with Crippen LogP contribution in [-0.2, 0) is 4.57 Å². The van der Waals surface area contributed by atoms with Gasteiger partial charge in [0.1, 0.15) is 7.14 Å². The standard InChI is InChI=1S/C8H11NOP/c1-11(2,10)8-6-4-3-5-7(8)9/h3,5-6H,9H2,1-2H3.